The molecule has 1 heterocycles. The van der Waals surface area contributed by atoms with Crippen LogP contribution in [-0.4, -0.2) is 29.9 Å². The van der Waals surface area contributed by atoms with E-state index in [9.17, 15) is 9.59 Å². The van der Waals surface area contributed by atoms with Crippen LogP contribution in [0.25, 0.3) is 0 Å². The zero-order valence-corrected chi connectivity index (χ0v) is 16.8. The fraction of sp³-hybridized carbons (Fsp3) is 0.200. The number of hydrogen-bond donors (Lipinski definition) is 0. The van der Waals surface area contributed by atoms with Gasteiger partial charge in [0.15, 0.2) is 6.61 Å². The molecule has 0 saturated carbocycles. The molecule has 0 unspecified atom stereocenters. The molecule has 1 amide bonds. The molecule has 0 aliphatic carbocycles. The summed E-state index contributed by atoms with van der Waals surface area (Å²) in [6.45, 7) is 2.64. The number of fused-ring (bicyclic) bond motifs is 2. The van der Waals surface area contributed by atoms with E-state index < -0.39 is 11.9 Å². The normalized spacial score (nSPS) is 12.3. The molecule has 0 radical (unpaired) electrons. The molecular weight excluding hydrogens is 378 g/mol. The molecule has 152 valence electrons. The second-order valence-corrected chi connectivity index (χ2v) is 7.11. The van der Waals surface area contributed by atoms with Gasteiger partial charge in [-0.2, -0.15) is 0 Å². The summed E-state index contributed by atoms with van der Waals surface area (Å²) < 4.78 is 11.4. The average Bonchev–Trinajstić information content (AvgIpc) is 2.79. The highest BCUT2D eigenvalue weighted by molar-refractivity contribution is 5.87. The van der Waals surface area contributed by atoms with E-state index in [0.29, 0.717) is 24.6 Å². The zero-order chi connectivity index (χ0) is 20.9. The number of para-hydroxylation sites is 2. The van der Waals surface area contributed by atoms with E-state index in [1.807, 2.05) is 85.8 Å². The summed E-state index contributed by atoms with van der Waals surface area (Å²) in [4.78, 5) is 27.4. The first-order valence-electron chi connectivity index (χ1n) is 10.0. The number of carbonyl (C=O) groups is 2. The van der Waals surface area contributed by atoms with Crippen molar-refractivity contribution in [3.05, 3.63) is 95.6 Å². The molecule has 30 heavy (non-hydrogen) atoms. The summed E-state index contributed by atoms with van der Waals surface area (Å²) in [5.41, 5.74) is 2.52. The fourth-order valence-electron chi connectivity index (χ4n) is 3.65. The summed E-state index contributed by atoms with van der Waals surface area (Å²) >= 11 is 0. The highest BCUT2D eigenvalue weighted by Gasteiger charge is 2.34. The van der Waals surface area contributed by atoms with Crippen molar-refractivity contribution < 1.29 is 19.1 Å². The van der Waals surface area contributed by atoms with E-state index in [1.165, 1.54) is 0 Å². The van der Waals surface area contributed by atoms with Gasteiger partial charge in [-0.05, 0) is 24.6 Å². The van der Waals surface area contributed by atoms with Crippen LogP contribution in [0.4, 0.5) is 0 Å². The lowest BCUT2D eigenvalue weighted by Gasteiger charge is -2.27. The van der Waals surface area contributed by atoms with Crippen molar-refractivity contribution >= 4 is 11.9 Å². The Bertz CT molecular complexity index is 1000. The number of nitrogens with zero attached hydrogens (tertiary/aromatic N) is 1. The molecule has 0 spiro atoms. The minimum absolute atomic E-state index is 0.219. The van der Waals surface area contributed by atoms with Crippen molar-refractivity contribution in [2.24, 2.45) is 0 Å². The van der Waals surface area contributed by atoms with E-state index >= 15 is 0 Å². The second-order valence-electron chi connectivity index (χ2n) is 7.11. The number of carbonyl (C=O) groups excluding carboxylic acids is 2. The summed E-state index contributed by atoms with van der Waals surface area (Å²) in [6.07, 6.45) is 0. The first-order valence-corrected chi connectivity index (χ1v) is 10.0. The third kappa shape index (κ3) is 4.06. The van der Waals surface area contributed by atoms with Gasteiger partial charge >= 0.3 is 5.97 Å². The standard InChI is InChI=1S/C25H23NO4/c1-2-26(16-18-10-4-3-5-11-18)23(27)17-29-25(28)24-19-12-6-8-14-21(19)30-22-15-9-7-13-20(22)24/h3-15,24H,2,16-17H2,1H3. The molecule has 0 atom stereocenters. The SMILES string of the molecule is CCN(Cc1ccccc1)C(=O)COC(=O)C1c2ccccc2Oc2ccccc21. The highest BCUT2D eigenvalue weighted by Crippen LogP contribution is 2.44. The molecular formula is C25H23NO4. The quantitative estimate of drug-likeness (QED) is 0.570. The van der Waals surface area contributed by atoms with Crippen LogP contribution in [0.3, 0.4) is 0 Å². The van der Waals surface area contributed by atoms with Gasteiger partial charge in [0, 0.05) is 24.2 Å². The van der Waals surface area contributed by atoms with Crippen LogP contribution in [0.15, 0.2) is 78.9 Å². The van der Waals surface area contributed by atoms with E-state index in [1.54, 1.807) is 4.90 Å². The summed E-state index contributed by atoms with van der Waals surface area (Å²) in [5, 5.41) is 0. The van der Waals surface area contributed by atoms with Crippen LogP contribution in [0.2, 0.25) is 0 Å². The van der Waals surface area contributed by atoms with Gasteiger partial charge in [-0.3, -0.25) is 9.59 Å². The van der Waals surface area contributed by atoms with Crippen LogP contribution < -0.4 is 4.74 Å². The first kappa shape index (κ1) is 19.7. The summed E-state index contributed by atoms with van der Waals surface area (Å²) in [7, 11) is 0. The minimum Gasteiger partial charge on any atom is -0.457 e. The van der Waals surface area contributed by atoms with E-state index in [2.05, 4.69) is 0 Å². The average molecular weight is 401 g/mol. The number of rotatable bonds is 6. The van der Waals surface area contributed by atoms with Crippen molar-refractivity contribution in [1.29, 1.82) is 0 Å². The van der Waals surface area contributed by atoms with Crippen molar-refractivity contribution in [2.75, 3.05) is 13.2 Å². The Kier molecular flexibility index (Phi) is 5.80. The maximum atomic E-state index is 13.0. The molecule has 0 bridgehead atoms. The number of benzene rings is 3. The number of hydrogen-bond acceptors (Lipinski definition) is 4. The largest absolute Gasteiger partial charge is 0.457 e. The number of likely N-dealkylation sites (N-methyl/N-ethyl adjacent to an activating group) is 1. The predicted octanol–water partition coefficient (Wildman–Crippen LogP) is 4.52. The minimum atomic E-state index is -0.622. The van der Waals surface area contributed by atoms with Gasteiger partial charge in [0.05, 0.1) is 0 Å². The van der Waals surface area contributed by atoms with Crippen LogP contribution in [0.5, 0.6) is 11.5 Å². The molecule has 0 aromatic heterocycles. The third-order valence-corrected chi connectivity index (χ3v) is 5.20. The third-order valence-electron chi connectivity index (χ3n) is 5.20. The van der Waals surface area contributed by atoms with Crippen molar-refractivity contribution in [2.45, 2.75) is 19.4 Å². The maximum absolute atomic E-state index is 13.0. The Morgan fingerprint density at radius 3 is 2.03 bits per heavy atom. The molecule has 5 heteroatoms. The van der Waals surface area contributed by atoms with Crippen LogP contribution >= 0.6 is 0 Å². The summed E-state index contributed by atoms with van der Waals surface area (Å²) in [5.74, 6) is -0.0405. The number of amides is 1. The molecule has 5 nitrogen and oxygen atoms in total. The Morgan fingerprint density at radius 1 is 0.867 bits per heavy atom. The molecule has 1 aliphatic rings. The Labute approximate surface area is 175 Å². The second kappa shape index (κ2) is 8.82. The smallest absolute Gasteiger partial charge is 0.318 e. The monoisotopic (exact) mass is 401 g/mol. The molecule has 0 saturated heterocycles. The maximum Gasteiger partial charge on any atom is 0.318 e. The number of ether oxygens (including phenoxy) is 2. The Hall–Kier alpha value is -3.60. The van der Waals surface area contributed by atoms with Crippen molar-refractivity contribution in [1.82, 2.24) is 4.90 Å². The van der Waals surface area contributed by atoms with Gasteiger partial charge in [-0.15, -0.1) is 0 Å². The van der Waals surface area contributed by atoms with Crippen LogP contribution in [0, 0.1) is 0 Å². The lowest BCUT2D eigenvalue weighted by Crippen LogP contribution is -2.35. The lowest BCUT2D eigenvalue weighted by atomic mass is 9.88. The number of esters is 1. The Balaban J connectivity index is 1.48. The van der Waals surface area contributed by atoms with E-state index in [-0.39, 0.29) is 12.5 Å². The predicted molar refractivity (Wildman–Crippen MR) is 113 cm³/mol. The van der Waals surface area contributed by atoms with E-state index in [0.717, 1.165) is 16.7 Å². The molecule has 3 aromatic rings. The van der Waals surface area contributed by atoms with Gasteiger partial charge < -0.3 is 14.4 Å². The van der Waals surface area contributed by atoms with Gasteiger partial charge in [0.2, 0.25) is 0 Å². The van der Waals surface area contributed by atoms with Crippen molar-refractivity contribution in [3.63, 3.8) is 0 Å². The van der Waals surface area contributed by atoms with E-state index in [4.69, 9.17) is 9.47 Å². The summed E-state index contributed by atoms with van der Waals surface area (Å²) in [6, 6.07) is 24.6. The molecule has 4 rings (SSSR count). The molecule has 3 aromatic carbocycles. The Morgan fingerprint density at radius 2 is 1.43 bits per heavy atom. The van der Waals surface area contributed by atoms with Crippen molar-refractivity contribution in [3.8, 4) is 11.5 Å². The van der Waals surface area contributed by atoms with Crippen LogP contribution in [0.1, 0.15) is 29.5 Å². The lowest BCUT2D eigenvalue weighted by molar-refractivity contribution is -0.152. The molecule has 1 aliphatic heterocycles. The van der Waals surface area contributed by atoms with Gasteiger partial charge in [0.25, 0.3) is 5.91 Å². The zero-order valence-electron chi connectivity index (χ0n) is 16.8. The van der Waals surface area contributed by atoms with Gasteiger partial charge in [0.1, 0.15) is 17.4 Å². The molecule has 0 N–H and O–H groups in total. The topological polar surface area (TPSA) is 55.8 Å². The highest BCUT2D eigenvalue weighted by atomic mass is 16.5. The molecule has 0 fully saturated rings. The first-order chi connectivity index (χ1) is 14.7. The fourth-order valence-corrected chi connectivity index (χ4v) is 3.65. The van der Waals surface area contributed by atoms with Gasteiger partial charge in [-0.1, -0.05) is 66.7 Å². The van der Waals surface area contributed by atoms with Crippen LogP contribution in [-0.2, 0) is 20.9 Å². The van der Waals surface area contributed by atoms with Gasteiger partial charge in [-0.25, -0.2) is 0 Å².